The third kappa shape index (κ3) is 5.09. The third-order valence-corrected chi connectivity index (χ3v) is 7.40. The molecule has 5 rings (SSSR count). The standard InChI is InChI=1S/C24H21N7O3S2/c1-15-27-28-23(35-15)30-36(34)18-10-8-17(9-11-18)26-24(33)31-21(19-6-2-3-7-22(19)32)13-20(29-31)16-5-4-12-25-14-16/h2-12,14,21,32H,13H2,1H3,(H,26,33)(H,28,30). The molecule has 2 amide bonds. The lowest BCUT2D eigenvalue weighted by molar-refractivity contribution is 0.199. The molecular formula is C24H21N7O3S2. The van der Waals surface area contributed by atoms with E-state index in [0.29, 0.717) is 33.4 Å². The fraction of sp³-hybridized carbons (Fsp3) is 0.125. The fourth-order valence-electron chi connectivity index (χ4n) is 3.74. The molecule has 1 aliphatic heterocycles. The molecule has 4 aromatic rings. The van der Waals surface area contributed by atoms with Gasteiger partial charge in [0.1, 0.15) is 10.8 Å². The van der Waals surface area contributed by atoms with Crippen molar-refractivity contribution in [2.45, 2.75) is 24.3 Å². The number of anilines is 2. The highest BCUT2D eigenvalue weighted by atomic mass is 32.2. The Hall–Kier alpha value is -4.16. The van der Waals surface area contributed by atoms with Gasteiger partial charge in [0.15, 0.2) is 11.0 Å². The summed E-state index contributed by atoms with van der Waals surface area (Å²) in [5, 5.41) is 28.2. The second-order valence-corrected chi connectivity index (χ2v) is 10.3. The number of amides is 2. The van der Waals surface area contributed by atoms with Crippen molar-refractivity contribution in [3.8, 4) is 5.75 Å². The summed E-state index contributed by atoms with van der Waals surface area (Å²) in [5.41, 5.74) is 2.60. The Kier molecular flexibility index (Phi) is 6.69. The van der Waals surface area contributed by atoms with Gasteiger partial charge in [0.2, 0.25) is 5.13 Å². The Balaban J connectivity index is 1.34. The van der Waals surface area contributed by atoms with Gasteiger partial charge < -0.3 is 10.4 Å². The van der Waals surface area contributed by atoms with Gasteiger partial charge in [-0.1, -0.05) is 35.6 Å². The Morgan fingerprint density at radius 1 is 1.11 bits per heavy atom. The molecule has 3 heterocycles. The first-order valence-electron chi connectivity index (χ1n) is 10.9. The molecule has 2 aromatic heterocycles. The van der Waals surface area contributed by atoms with Crippen molar-refractivity contribution in [3.63, 3.8) is 0 Å². The van der Waals surface area contributed by atoms with E-state index >= 15 is 0 Å². The number of nitrogens with zero attached hydrogens (tertiary/aromatic N) is 5. The average molecular weight is 520 g/mol. The zero-order chi connectivity index (χ0) is 25.1. The Morgan fingerprint density at radius 2 is 1.92 bits per heavy atom. The largest absolute Gasteiger partial charge is 0.508 e. The molecule has 2 unspecified atom stereocenters. The van der Waals surface area contributed by atoms with Crippen LogP contribution in [0, 0.1) is 6.92 Å². The van der Waals surface area contributed by atoms with Gasteiger partial charge in [0.25, 0.3) is 0 Å². The molecule has 0 aliphatic carbocycles. The van der Waals surface area contributed by atoms with Crippen molar-refractivity contribution in [2.75, 3.05) is 10.0 Å². The SMILES string of the molecule is Cc1nnc(NS(=O)c2ccc(NC(=O)N3N=C(c4cccnc4)CC3c3ccccc3O)cc2)s1. The lowest BCUT2D eigenvalue weighted by Gasteiger charge is -2.23. The van der Waals surface area contributed by atoms with E-state index in [4.69, 9.17) is 0 Å². The molecule has 0 saturated heterocycles. The molecule has 2 aromatic carbocycles. The van der Waals surface area contributed by atoms with Crippen molar-refractivity contribution in [3.05, 3.63) is 89.2 Å². The number of benzene rings is 2. The van der Waals surface area contributed by atoms with E-state index in [0.717, 1.165) is 10.6 Å². The number of urea groups is 1. The number of nitrogens with one attached hydrogen (secondary N) is 2. The summed E-state index contributed by atoms with van der Waals surface area (Å²) >= 11 is 1.31. The van der Waals surface area contributed by atoms with Gasteiger partial charge in [-0.25, -0.2) is 14.0 Å². The normalized spacial score (nSPS) is 15.9. The monoisotopic (exact) mass is 519 g/mol. The molecular weight excluding hydrogens is 498 g/mol. The van der Waals surface area contributed by atoms with Crippen LogP contribution in [0.4, 0.5) is 15.6 Å². The highest BCUT2D eigenvalue weighted by Crippen LogP contribution is 2.37. The van der Waals surface area contributed by atoms with Gasteiger partial charge in [-0.15, -0.1) is 10.2 Å². The van der Waals surface area contributed by atoms with Crippen molar-refractivity contribution < 1.29 is 14.1 Å². The summed E-state index contributed by atoms with van der Waals surface area (Å²) in [6.45, 7) is 1.82. The minimum absolute atomic E-state index is 0.0906. The second kappa shape index (κ2) is 10.2. The fourth-order valence-corrected chi connectivity index (χ4v) is 5.27. The predicted octanol–water partition coefficient (Wildman–Crippen LogP) is 4.47. The maximum absolute atomic E-state index is 13.3. The van der Waals surface area contributed by atoms with Crippen LogP contribution in [0.15, 0.2) is 83.1 Å². The van der Waals surface area contributed by atoms with Gasteiger partial charge in [-0.3, -0.25) is 9.71 Å². The van der Waals surface area contributed by atoms with Gasteiger partial charge in [-0.05, 0) is 43.3 Å². The van der Waals surface area contributed by atoms with Crippen LogP contribution in [0.5, 0.6) is 5.75 Å². The molecule has 0 bridgehead atoms. The number of pyridine rings is 1. The number of carbonyl (C=O) groups is 1. The van der Waals surface area contributed by atoms with E-state index < -0.39 is 23.1 Å². The number of aromatic nitrogens is 3. The van der Waals surface area contributed by atoms with Crippen molar-refractivity contribution in [2.24, 2.45) is 5.10 Å². The van der Waals surface area contributed by atoms with E-state index in [2.05, 4.69) is 30.3 Å². The van der Waals surface area contributed by atoms with Gasteiger partial charge >= 0.3 is 6.03 Å². The number of para-hydroxylation sites is 1. The van der Waals surface area contributed by atoms with E-state index in [1.165, 1.54) is 16.3 Å². The van der Waals surface area contributed by atoms with Crippen LogP contribution in [-0.2, 0) is 11.0 Å². The Labute approximate surface area is 213 Å². The number of carbonyl (C=O) groups excluding carboxylic acids is 1. The highest BCUT2D eigenvalue weighted by Gasteiger charge is 2.34. The van der Waals surface area contributed by atoms with Gasteiger partial charge in [-0.2, -0.15) is 5.10 Å². The second-order valence-electron chi connectivity index (χ2n) is 7.86. The number of phenolic OH excluding ortho intramolecular Hbond substituents is 1. The molecule has 10 nitrogen and oxygen atoms in total. The van der Waals surface area contributed by atoms with Crippen LogP contribution in [0.25, 0.3) is 0 Å². The molecule has 3 N–H and O–H groups in total. The smallest absolute Gasteiger partial charge is 0.342 e. The topological polar surface area (TPSA) is 133 Å². The number of aromatic hydroxyl groups is 1. The van der Waals surface area contributed by atoms with Crippen molar-refractivity contribution in [1.29, 1.82) is 0 Å². The number of phenols is 1. The first kappa shape index (κ1) is 23.6. The molecule has 182 valence electrons. The van der Waals surface area contributed by atoms with Gasteiger partial charge in [0.05, 0.1) is 16.6 Å². The quantitative estimate of drug-likeness (QED) is 0.344. The molecule has 36 heavy (non-hydrogen) atoms. The molecule has 0 radical (unpaired) electrons. The molecule has 0 saturated carbocycles. The average Bonchev–Trinajstić information content (AvgIpc) is 3.52. The lowest BCUT2D eigenvalue weighted by Crippen LogP contribution is -2.31. The van der Waals surface area contributed by atoms with Crippen LogP contribution in [0.3, 0.4) is 0 Å². The summed E-state index contributed by atoms with van der Waals surface area (Å²) in [5.74, 6) is 0.0906. The number of hydrogen-bond donors (Lipinski definition) is 3. The zero-order valence-corrected chi connectivity index (χ0v) is 20.7. The van der Waals surface area contributed by atoms with Crippen LogP contribution in [0.2, 0.25) is 0 Å². The number of rotatable bonds is 6. The summed E-state index contributed by atoms with van der Waals surface area (Å²) in [6.07, 6.45) is 3.79. The number of hydrogen-bond acceptors (Lipinski definition) is 8. The van der Waals surface area contributed by atoms with E-state index in [9.17, 15) is 14.1 Å². The molecule has 0 fully saturated rings. The summed E-state index contributed by atoms with van der Waals surface area (Å²) in [7, 11) is -1.52. The maximum Gasteiger partial charge on any atom is 0.342 e. The Morgan fingerprint density at radius 3 is 2.61 bits per heavy atom. The van der Waals surface area contributed by atoms with E-state index in [1.807, 2.05) is 25.1 Å². The first-order valence-corrected chi connectivity index (χ1v) is 12.9. The van der Waals surface area contributed by atoms with Crippen molar-refractivity contribution in [1.82, 2.24) is 20.2 Å². The van der Waals surface area contributed by atoms with Crippen LogP contribution in [0.1, 0.15) is 28.6 Å². The first-order chi connectivity index (χ1) is 17.5. The summed E-state index contributed by atoms with van der Waals surface area (Å²) < 4.78 is 15.4. The maximum atomic E-state index is 13.3. The minimum atomic E-state index is -1.52. The van der Waals surface area contributed by atoms with Crippen molar-refractivity contribution >= 4 is 44.9 Å². The van der Waals surface area contributed by atoms with E-state index in [1.54, 1.807) is 54.9 Å². The van der Waals surface area contributed by atoms with E-state index in [-0.39, 0.29) is 5.75 Å². The Bertz CT molecular complexity index is 1440. The van der Waals surface area contributed by atoms with Crippen LogP contribution in [-0.4, -0.2) is 41.2 Å². The zero-order valence-electron chi connectivity index (χ0n) is 19.0. The molecule has 12 heteroatoms. The molecule has 0 spiro atoms. The molecule has 2 atom stereocenters. The van der Waals surface area contributed by atoms with Gasteiger partial charge in [0, 0.05) is 35.6 Å². The minimum Gasteiger partial charge on any atom is -0.508 e. The van der Waals surface area contributed by atoms with Crippen LogP contribution < -0.4 is 10.0 Å². The summed E-state index contributed by atoms with van der Waals surface area (Å²) in [4.78, 5) is 17.9. The van der Waals surface area contributed by atoms with Crippen LogP contribution >= 0.6 is 11.3 Å². The summed E-state index contributed by atoms with van der Waals surface area (Å²) in [6, 6.07) is 16.3. The third-order valence-electron chi connectivity index (χ3n) is 5.43. The number of aryl methyl sites for hydroxylation is 1. The lowest BCUT2D eigenvalue weighted by atomic mass is 9.98. The predicted molar refractivity (Wildman–Crippen MR) is 138 cm³/mol. The highest BCUT2D eigenvalue weighted by molar-refractivity contribution is 7.86. The number of hydrazone groups is 1. The molecule has 1 aliphatic rings.